The molecule has 20 heavy (non-hydrogen) atoms. The third-order valence-corrected chi connectivity index (χ3v) is 3.82. The number of nitriles is 1. The van der Waals surface area contributed by atoms with Crippen molar-refractivity contribution in [2.24, 2.45) is 0 Å². The van der Waals surface area contributed by atoms with E-state index in [-0.39, 0.29) is 6.10 Å². The molecule has 0 spiro atoms. The van der Waals surface area contributed by atoms with Crippen molar-refractivity contribution in [3.05, 3.63) is 58.1 Å². The van der Waals surface area contributed by atoms with Crippen LogP contribution in [0.15, 0.2) is 46.9 Å². The van der Waals surface area contributed by atoms with Crippen molar-refractivity contribution in [3.63, 3.8) is 0 Å². The second-order valence-electron chi connectivity index (χ2n) is 4.73. The molecule has 3 nitrogen and oxygen atoms in total. The van der Waals surface area contributed by atoms with Crippen LogP contribution in [0.4, 0.5) is 5.69 Å². The Kier molecular flexibility index (Phi) is 3.62. The van der Waals surface area contributed by atoms with Gasteiger partial charge >= 0.3 is 0 Å². The summed E-state index contributed by atoms with van der Waals surface area (Å²) in [5.41, 5.74) is 2.74. The standard InChI is InChI=1S/C16H13BrN2O/c17-13-5-6-16-12(7-13)8-14(20-16)10-19-15-4-2-1-3-11(15)9-18/h1-7,14,19H,8,10H2. The minimum absolute atomic E-state index is 0.103. The smallest absolute Gasteiger partial charge is 0.123 e. The number of halogens is 1. The molecule has 1 heterocycles. The summed E-state index contributed by atoms with van der Waals surface area (Å²) in [5.74, 6) is 0.952. The Bertz CT molecular complexity index is 678. The van der Waals surface area contributed by atoms with Gasteiger partial charge in [-0.25, -0.2) is 0 Å². The predicted octanol–water partition coefficient (Wildman–Crippen LogP) is 3.74. The van der Waals surface area contributed by atoms with Crippen molar-refractivity contribution in [1.29, 1.82) is 5.26 Å². The fourth-order valence-electron chi connectivity index (χ4n) is 2.36. The van der Waals surface area contributed by atoms with E-state index in [2.05, 4.69) is 33.4 Å². The van der Waals surface area contributed by atoms with Gasteiger partial charge in [0.25, 0.3) is 0 Å². The van der Waals surface area contributed by atoms with E-state index in [9.17, 15) is 0 Å². The third-order valence-electron chi connectivity index (χ3n) is 3.33. The number of benzene rings is 2. The second-order valence-corrected chi connectivity index (χ2v) is 5.65. The molecule has 2 aromatic carbocycles. The summed E-state index contributed by atoms with van der Waals surface area (Å²) in [5, 5.41) is 12.4. The number of rotatable bonds is 3. The van der Waals surface area contributed by atoms with Gasteiger partial charge in [-0.3, -0.25) is 0 Å². The van der Waals surface area contributed by atoms with Crippen molar-refractivity contribution >= 4 is 21.6 Å². The molecule has 0 saturated heterocycles. The Morgan fingerprint density at radius 1 is 1.30 bits per heavy atom. The van der Waals surface area contributed by atoms with Crippen molar-refractivity contribution in [3.8, 4) is 11.8 Å². The molecule has 1 aliphatic heterocycles. The zero-order valence-corrected chi connectivity index (χ0v) is 12.4. The van der Waals surface area contributed by atoms with Gasteiger partial charge < -0.3 is 10.1 Å². The first-order chi connectivity index (χ1) is 9.76. The van der Waals surface area contributed by atoms with Crippen molar-refractivity contribution in [1.82, 2.24) is 0 Å². The number of para-hydroxylation sites is 1. The Labute approximate surface area is 126 Å². The normalized spacial score (nSPS) is 16.1. The monoisotopic (exact) mass is 328 g/mol. The maximum atomic E-state index is 9.06. The first kappa shape index (κ1) is 13.0. The fraction of sp³-hybridized carbons (Fsp3) is 0.188. The Morgan fingerprint density at radius 3 is 3.00 bits per heavy atom. The Balaban J connectivity index is 1.66. The highest BCUT2D eigenvalue weighted by molar-refractivity contribution is 9.10. The third kappa shape index (κ3) is 2.63. The summed E-state index contributed by atoms with van der Waals surface area (Å²) >= 11 is 3.47. The minimum atomic E-state index is 0.103. The molecule has 0 radical (unpaired) electrons. The fourth-order valence-corrected chi connectivity index (χ4v) is 2.77. The molecule has 1 atom stereocenters. The van der Waals surface area contributed by atoms with Crippen LogP contribution >= 0.6 is 15.9 Å². The van der Waals surface area contributed by atoms with Gasteiger partial charge in [-0.2, -0.15) is 5.26 Å². The maximum Gasteiger partial charge on any atom is 0.123 e. The summed E-state index contributed by atoms with van der Waals surface area (Å²) in [4.78, 5) is 0. The van der Waals surface area contributed by atoms with Gasteiger partial charge in [-0.1, -0.05) is 28.1 Å². The lowest BCUT2D eigenvalue weighted by Gasteiger charge is -2.13. The molecule has 0 aromatic heterocycles. The molecule has 1 unspecified atom stereocenters. The van der Waals surface area contributed by atoms with Crippen LogP contribution in [0.5, 0.6) is 5.75 Å². The molecule has 3 rings (SSSR count). The number of nitrogens with one attached hydrogen (secondary N) is 1. The zero-order chi connectivity index (χ0) is 13.9. The van der Waals surface area contributed by atoms with Gasteiger partial charge in [-0.15, -0.1) is 0 Å². The lowest BCUT2D eigenvalue weighted by molar-refractivity contribution is 0.246. The molecular formula is C16H13BrN2O. The largest absolute Gasteiger partial charge is 0.488 e. The SMILES string of the molecule is N#Cc1ccccc1NCC1Cc2cc(Br)ccc2O1. The molecule has 1 aliphatic rings. The number of hydrogen-bond acceptors (Lipinski definition) is 3. The molecule has 100 valence electrons. The van der Waals surface area contributed by atoms with E-state index < -0.39 is 0 Å². The number of fused-ring (bicyclic) bond motifs is 1. The molecule has 0 fully saturated rings. The first-order valence-corrected chi connectivity index (χ1v) is 7.23. The van der Waals surface area contributed by atoms with E-state index in [1.165, 1.54) is 5.56 Å². The molecular weight excluding hydrogens is 316 g/mol. The minimum Gasteiger partial charge on any atom is -0.488 e. The van der Waals surface area contributed by atoms with Gasteiger partial charge in [0.05, 0.1) is 17.8 Å². The van der Waals surface area contributed by atoms with Crippen molar-refractivity contribution < 1.29 is 4.74 Å². The number of hydrogen-bond donors (Lipinski definition) is 1. The Morgan fingerprint density at radius 2 is 2.15 bits per heavy atom. The van der Waals surface area contributed by atoms with E-state index in [4.69, 9.17) is 10.00 Å². The Hall–Kier alpha value is -1.99. The van der Waals surface area contributed by atoms with Crippen LogP contribution in [-0.2, 0) is 6.42 Å². The van der Waals surface area contributed by atoms with Gasteiger partial charge in [-0.05, 0) is 35.9 Å². The quantitative estimate of drug-likeness (QED) is 0.933. The van der Waals surface area contributed by atoms with Crippen LogP contribution in [0.1, 0.15) is 11.1 Å². The van der Waals surface area contributed by atoms with E-state index in [1.54, 1.807) is 0 Å². The van der Waals surface area contributed by atoms with Gasteiger partial charge in [0.2, 0.25) is 0 Å². The van der Waals surface area contributed by atoms with Crippen LogP contribution in [0, 0.1) is 11.3 Å². The van der Waals surface area contributed by atoms with Crippen molar-refractivity contribution in [2.45, 2.75) is 12.5 Å². The topological polar surface area (TPSA) is 45.0 Å². The molecule has 0 aliphatic carbocycles. The summed E-state index contributed by atoms with van der Waals surface area (Å²) in [6, 6.07) is 15.8. The second kappa shape index (κ2) is 5.56. The highest BCUT2D eigenvalue weighted by atomic mass is 79.9. The highest BCUT2D eigenvalue weighted by Gasteiger charge is 2.22. The van der Waals surface area contributed by atoms with E-state index in [0.29, 0.717) is 12.1 Å². The zero-order valence-electron chi connectivity index (χ0n) is 10.8. The summed E-state index contributed by atoms with van der Waals surface area (Å²) in [6.45, 7) is 0.686. The average molecular weight is 329 g/mol. The number of ether oxygens (including phenoxy) is 1. The summed E-state index contributed by atoms with van der Waals surface area (Å²) < 4.78 is 6.96. The molecule has 2 aromatic rings. The van der Waals surface area contributed by atoms with E-state index >= 15 is 0 Å². The lowest BCUT2D eigenvalue weighted by atomic mass is 10.1. The predicted molar refractivity (Wildman–Crippen MR) is 81.9 cm³/mol. The number of nitrogens with zero attached hydrogens (tertiary/aromatic N) is 1. The molecule has 0 bridgehead atoms. The van der Waals surface area contributed by atoms with Crippen LogP contribution in [0.25, 0.3) is 0 Å². The van der Waals surface area contributed by atoms with Gasteiger partial charge in [0, 0.05) is 10.9 Å². The van der Waals surface area contributed by atoms with Gasteiger partial charge in [0.15, 0.2) is 0 Å². The maximum absolute atomic E-state index is 9.06. The molecule has 4 heteroatoms. The average Bonchev–Trinajstić information content (AvgIpc) is 2.87. The lowest BCUT2D eigenvalue weighted by Crippen LogP contribution is -2.24. The van der Waals surface area contributed by atoms with Crippen molar-refractivity contribution in [2.75, 3.05) is 11.9 Å². The van der Waals surface area contributed by atoms with Crippen LogP contribution in [-0.4, -0.2) is 12.6 Å². The van der Waals surface area contributed by atoms with Crippen LogP contribution in [0.3, 0.4) is 0 Å². The summed E-state index contributed by atoms with van der Waals surface area (Å²) in [6.07, 6.45) is 0.988. The van der Waals surface area contributed by atoms with E-state index in [1.807, 2.05) is 36.4 Å². The molecule has 0 amide bonds. The number of anilines is 1. The van der Waals surface area contributed by atoms with Crippen LogP contribution in [0.2, 0.25) is 0 Å². The first-order valence-electron chi connectivity index (χ1n) is 6.44. The van der Waals surface area contributed by atoms with E-state index in [0.717, 1.165) is 22.3 Å². The highest BCUT2D eigenvalue weighted by Crippen LogP contribution is 2.31. The molecule has 1 N–H and O–H groups in total. The van der Waals surface area contributed by atoms with Gasteiger partial charge in [0.1, 0.15) is 17.9 Å². The molecule has 0 saturated carbocycles. The van der Waals surface area contributed by atoms with Crippen LogP contribution < -0.4 is 10.1 Å². The summed E-state index contributed by atoms with van der Waals surface area (Å²) in [7, 11) is 0.